The number of halogens is 1. The van der Waals surface area contributed by atoms with Crippen molar-refractivity contribution < 1.29 is 4.79 Å². The van der Waals surface area contributed by atoms with Crippen molar-refractivity contribution in [2.24, 2.45) is 0 Å². The zero-order chi connectivity index (χ0) is 12.1. The van der Waals surface area contributed by atoms with E-state index in [0.717, 1.165) is 5.56 Å². The van der Waals surface area contributed by atoms with Crippen LogP contribution >= 0.6 is 22.9 Å². The number of benzene rings is 1. The molecule has 1 aromatic heterocycles. The third-order valence-corrected chi connectivity index (χ3v) is 3.26. The highest BCUT2D eigenvalue weighted by atomic mass is 35.5. The SMILES string of the molecule is O=C(NCC(Cl)c1ccccc1)c1cscn1. The van der Waals surface area contributed by atoms with Crippen LogP contribution < -0.4 is 5.32 Å². The molecule has 1 unspecified atom stereocenters. The third kappa shape index (κ3) is 3.28. The number of rotatable bonds is 4. The fourth-order valence-corrected chi connectivity index (χ4v) is 2.13. The van der Waals surface area contributed by atoms with Crippen LogP contribution in [-0.4, -0.2) is 17.4 Å². The Morgan fingerprint density at radius 1 is 1.41 bits per heavy atom. The van der Waals surface area contributed by atoms with E-state index in [1.807, 2.05) is 30.3 Å². The van der Waals surface area contributed by atoms with Crippen molar-refractivity contribution in [2.45, 2.75) is 5.38 Å². The Hall–Kier alpha value is -1.39. The van der Waals surface area contributed by atoms with Crippen LogP contribution in [0.4, 0.5) is 0 Å². The summed E-state index contributed by atoms with van der Waals surface area (Å²) in [5, 5.41) is 4.24. The number of alkyl halides is 1. The smallest absolute Gasteiger partial charge is 0.270 e. The van der Waals surface area contributed by atoms with Crippen LogP contribution in [0.15, 0.2) is 41.2 Å². The van der Waals surface area contributed by atoms with Crippen molar-refractivity contribution in [3.63, 3.8) is 0 Å². The van der Waals surface area contributed by atoms with Crippen LogP contribution in [0.1, 0.15) is 21.4 Å². The van der Waals surface area contributed by atoms with Gasteiger partial charge < -0.3 is 5.32 Å². The van der Waals surface area contributed by atoms with Crippen LogP contribution in [0.5, 0.6) is 0 Å². The Balaban J connectivity index is 1.89. The molecule has 0 aliphatic rings. The number of nitrogens with zero attached hydrogens (tertiary/aromatic N) is 1. The molecule has 0 saturated heterocycles. The molecule has 5 heteroatoms. The quantitative estimate of drug-likeness (QED) is 0.865. The van der Waals surface area contributed by atoms with Gasteiger partial charge in [-0.05, 0) is 5.56 Å². The minimum absolute atomic E-state index is 0.187. The van der Waals surface area contributed by atoms with E-state index < -0.39 is 0 Å². The average molecular weight is 267 g/mol. The van der Waals surface area contributed by atoms with E-state index in [1.165, 1.54) is 11.3 Å². The van der Waals surface area contributed by atoms with Crippen LogP contribution in [-0.2, 0) is 0 Å². The second-order valence-corrected chi connectivity index (χ2v) is 4.71. The molecule has 1 N–H and O–H groups in total. The lowest BCUT2D eigenvalue weighted by atomic mass is 10.1. The zero-order valence-electron chi connectivity index (χ0n) is 8.97. The molecule has 1 heterocycles. The van der Waals surface area contributed by atoms with Gasteiger partial charge in [-0.25, -0.2) is 4.98 Å². The first-order chi connectivity index (χ1) is 8.27. The standard InChI is InChI=1S/C12H11ClN2OS/c13-10(9-4-2-1-3-5-9)6-14-12(16)11-7-17-8-15-11/h1-5,7-8,10H,6H2,(H,14,16). The average Bonchev–Trinajstić information content (AvgIpc) is 2.90. The molecule has 0 fully saturated rings. The Morgan fingerprint density at radius 3 is 2.82 bits per heavy atom. The lowest BCUT2D eigenvalue weighted by molar-refractivity contribution is 0.0949. The minimum atomic E-state index is -0.223. The monoisotopic (exact) mass is 266 g/mol. The van der Waals surface area contributed by atoms with Crippen molar-refractivity contribution in [3.8, 4) is 0 Å². The number of nitrogens with one attached hydrogen (secondary N) is 1. The Kier molecular flexibility index (Phi) is 4.12. The molecule has 2 rings (SSSR count). The summed E-state index contributed by atoms with van der Waals surface area (Å²) in [6, 6.07) is 9.65. The highest BCUT2D eigenvalue weighted by molar-refractivity contribution is 7.07. The molecule has 0 aliphatic heterocycles. The highest BCUT2D eigenvalue weighted by Crippen LogP contribution is 2.18. The van der Waals surface area contributed by atoms with Crippen molar-refractivity contribution >= 4 is 28.8 Å². The highest BCUT2D eigenvalue weighted by Gasteiger charge is 2.11. The first-order valence-electron chi connectivity index (χ1n) is 5.13. The molecule has 88 valence electrons. The Morgan fingerprint density at radius 2 is 2.18 bits per heavy atom. The summed E-state index contributed by atoms with van der Waals surface area (Å²) in [4.78, 5) is 15.5. The van der Waals surface area contributed by atoms with Crippen molar-refractivity contribution in [1.82, 2.24) is 10.3 Å². The van der Waals surface area contributed by atoms with Crippen molar-refractivity contribution in [2.75, 3.05) is 6.54 Å². The first kappa shape index (κ1) is 12.1. The van der Waals surface area contributed by atoms with E-state index in [1.54, 1.807) is 10.9 Å². The number of aromatic nitrogens is 1. The summed E-state index contributed by atoms with van der Waals surface area (Å²) in [6.45, 7) is 0.391. The van der Waals surface area contributed by atoms with Crippen molar-refractivity contribution in [3.05, 3.63) is 52.5 Å². The minimum Gasteiger partial charge on any atom is -0.349 e. The first-order valence-corrected chi connectivity index (χ1v) is 6.50. The van der Waals surface area contributed by atoms with Gasteiger partial charge in [-0.1, -0.05) is 30.3 Å². The number of thiazole rings is 1. The predicted octanol–water partition coefficient (Wildman–Crippen LogP) is 2.85. The van der Waals surface area contributed by atoms with Crippen molar-refractivity contribution in [1.29, 1.82) is 0 Å². The van der Waals surface area contributed by atoms with E-state index in [9.17, 15) is 4.79 Å². The molecule has 3 nitrogen and oxygen atoms in total. The molecule has 17 heavy (non-hydrogen) atoms. The number of hydrogen-bond acceptors (Lipinski definition) is 3. The maximum absolute atomic E-state index is 11.6. The molecule has 1 aromatic carbocycles. The van der Waals surface area contributed by atoms with Gasteiger partial charge in [0, 0.05) is 11.9 Å². The molecule has 0 radical (unpaired) electrons. The number of hydrogen-bond donors (Lipinski definition) is 1. The molecule has 0 saturated carbocycles. The lowest BCUT2D eigenvalue weighted by Gasteiger charge is -2.10. The van der Waals surface area contributed by atoms with Gasteiger partial charge in [0.25, 0.3) is 5.91 Å². The topological polar surface area (TPSA) is 42.0 Å². The second kappa shape index (κ2) is 5.80. The molecule has 1 atom stereocenters. The van der Waals surface area contributed by atoms with Gasteiger partial charge >= 0.3 is 0 Å². The van der Waals surface area contributed by atoms with E-state index in [-0.39, 0.29) is 11.3 Å². The Labute approximate surface area is 108 Å². The lowest BCUT2D eigenvalue weighted by Crippen LogP contribution is -2.27. The largest absolute Gasteiger partial charge is 0.349 e. The summed E-state index contributed by atoms with van der Waals surface area (Å²) in [5.74, 6) is -0.187. The van der Waals surface area contributed by atoms with Crippen LogP contribution in [0.25, 0.3) is 0 Å². The zero-order valence-corrected chi connectivity index (χ0v) is 10.5. The summed E-state index contributed by atoms with van der Waals surface area (Å²) < 4.78 is 0. The summed E-state index contributed by atoms with van der Waals surface area (Å²) >= 11 is 7.57. The normalized spacial score (nSPS) is 12.1. The van der Waals surface area contributed by atoms with E-state index >= 15 is 0 Å². The van der Waals surface area contributed by atoms with Gasteiger partial charge in [-0.3, -0.25) is 4.79 Å². The number of carbonyl (C=O) groups is 1. The van der Waals surface area contributed by atoms with E-state index in [2.05, 4.69) is 10.3 Å². The van der Waals surface area contributed by atoms with Gasteiger partial charge in [0.15, 0.2) is 0 Å². The van der Waals surface area contributed by atoms with Gasteiger partial charge in [0.2, 0.25) is 0 Å². The molecule has 0 aliphatic carbocycles. The van der Waals surface area contributed by atoms with Crippen LogP contribution in [0.2, 0.25) is 0 Å². The molecular weight excluding hydrogens is 256 g/mol. The third-order valence-electron chi connectivity index (χ3n) is 2.27. The van der Waals surface area contributed by atoms with Gasteiger partial charge in [-0.15, -0.1) is 22.9 Å². The van der Waals surface area contributed by atoms with E-state index in [4.69, 9.17) is 11.6 Å². The molecular formula is C12H11ClN2OS. The molecule has 0 bridgehead atoms. The summed E-state index contributed by atoms with van der Waals surface area (Å²) in [5.41, 5.74) is 3.06. The van der Waals surface area contributed by atoms with Crippen LogP contribution in [0.3, 0.4) is 0 Å². The molecule has 2 aromatic rings. The number of carbonyl (C=O) groups excluding carboxylic acids is 1. The summed E-state index contributed by atoms with van der Waals surface area (Å²) in [7, 11) is 0. The predicted molar refractivity (Wildman–Crippen MR) is 69.5 cm³/mol. The van der Waals surface area contributed by atoms with Gasteiger partial charge in [-0.2, -0.15) is 0 Å². The Bertz CT molecular complexity index is 473. The van der Waals surface area contributed by atoms with Crippen LogP contribution in [0, 0.1) is 0 Å². The fourth-order valence-electron chi connectivity index (χ4n) is 1.38. The molecule has 1 amide bonds. The summed E-state index contributed by atoms with van der Waals surface area (Å²) in [6.07, 6.45) is 0. The maximum atomic E-state index is 11.6. The number of amides is 1. The fraction of sp³-hybridized carbons (Fsp3) is 0.167. The second-order valence-electron chi connectivity index (χ2n) is 3.46. The molecule has 0 spiro atoms. The van der Waals surface area contributed by atoms with E-state index in [0.29, 0.717) is 12.2 Å². The van der Waals surface area contributed by atoms with Gasteiger partial charge in [0.1, 0.15) is 5.69 Å². The van der Waals surface area contributed by atoms with Gasteiger partial charge in [0.05, 0.1) is 10.9 Å². The maximum Gasteiger partial charge on any atom is 0.270 e.